The Morgan fingerprint density at radius 2 is 2.09 bits per heavy atom. The van der Waals surface area contributed by atoms with E-state index >= 15 is 0 Å². The van der Waals surface area contributed by atoms with Gasteiger partial charge in [-0.1, -0.05) is 12.8 Å². The predicted molar refractivity (Wildman–Crippen MR) is 38.7 cm³/mol. The molecule has 1 aliphatic rings. The van der Waals surface area contributed by atoms with E-state index in [1.807, 2.05) is 0 Å². The molecule has 0 aliphatic heterocycles. The number of carboxylic acids is 1. The van der Waals surface area contributed by atoms with E-state index in [9.17, 15) is 4.79 Å². The highest BCUT2D eigenvalue weighted by Gasteiger charge is 2.41. The summed E-state index contributed by atoms with van der Waals surface area (Å²) >= 11 is 0. The normalized spacial score (nSPS) is 21.9. The lowest BCUT2D eigenvalue weighted by molar-refractivity contribution is -0.152. The van der Waals surface area contributed by atoms with Crippen LogP contribution in [0.2, 0.25) is 0 Å². The Kier molecular flexibility index (Phi) is 2.46. The summed E-state index contributed by atoms with van der Waals surface area (Å²) in [6.45, 7) is 0.141. The van der Waals surface area contributed by atoms with Crippen molar-refractivity contribution in [1.29, 1.82) is 0 Å². The van der Waals surface area contributed by atoms with E-state index in [0.29, 0.717) is 12.8 Å². The van der Waals surface area contributed by atoms with Crippen molar-refractivity contribution in [2.24, 2.45) is 11.3 Å². The minimum absolute atomic E-state index is 0.141. The molecule has 0 aromatic carbocycles. The first kappa shape index (κ1) is 8.49. The maximum atomic E-state index is 10.8. The molecule has 0 aromatic rings. The Morgan fingerprint density at radius 3 is 2.45 bits per heavy atom. The maximum Gasteiger partial charge on any atom is 0.312 e. The van der Waals surface area contributed by atoms with Crippen LogP contribution in [0.25, 0.3) is 0 Å². The molecule has 0 unspecified atom stereocenters. The van der Waals surface area contributed by atoms with Gasteiger partial charge in [0.2, 0.25) is 0 Å². The summed E-state index contributed by atoms with van der Waals surface area (Å²) in [5, 5.41) is 8.86. The molecule has 0 saturated heterocycles. The second-order valence-corrected chi connectivity index (χ2v) is 3.10. The Bertz CT molecular complexity index is 152. The zero-order valence-electron chi connectivity index (χ0n) is 6.38. The average molecular weight is 159 g/mol. The molecule has 4 heteroatoms. The van der Waals surface area contributed by atoms with Crippen molar-refractivity contribution < 1.29 is 14.7 Å². The molecule has 0 spiro atoms. The lowest BCUT2D eigenvalue weighted by atomic mass is 9.88. The van der Waals surface area contributed by atoms with Crippen molar-refractivity contribution in [3.63, 3.8) is 0 Å². The minimum atomic E-state index is -0.777. The van der Waals surface area contributed by atoms with Gasteiger partial charge in [0.25, 0.3) is 0 Å². The lowest BCUT2D eigenvalue weighted by Gasteiger charge is -2.21. The van der Waals surface area contributed by atoms with Crippen molar-refractivity contribution in [1.82, 2.24) is 0 Å². The van der Waals surface area contributed by atoms with Crippen LogP contribution in [0.1, 0.15) is 25.7 Å². The fourth-order valence-corrected chi connectivity index (χ4v) is 1.63. The third kappa shape index (κ3) is 1.52. The van der Waals surface area contributed by atoms with E-state index in [1.165, 1.54) is 0 Å². The summed E-state index contributed by atoms with van der Waals surface area (Å²) in [5.41, 5.74) is -0.686. The van der Waals surface area contributed by atoms with E-state index in [4.69, 9.17) is 11.0 Å². The Morgan fingerprint density at radius 1 is 1.55 bits per heavy atom. The quantitative estimate of drug-likeness (QED) is 0.589. The monoisotopic (exact) mass is 159 g/mol. The van der Waals surface area contributed by atoms with Gasteiger partial charge in [-0.05, 0) is 12.8 Å². The fraction of sp³-hybridized carbons (Fsp3) is 0.857. The minimum Gasteiger partial charge on any atom is -0.481 e. The van der Waals surface area contributed by atoms with Crippen LogP contribution >= 0.6 is 0 Å². The van der Waals surface area contributed by atoms with E-state index < -0.39 is 11.4 Å². The zero-order chi connectivity index (χ0) is 8.32. The van der Waals surface area contributed by atoms with Crippen LogP contribution in [0, 0.1) is 5.41 Å². The van der Waals surface area contributed by atoms with Crippen LogP contribution in [-0.4, -0.2) is 17.7 Å². The number of hydrogen-bond acceptors (Lipinski definition) is 3. The van der Waals surface area contributed by atoms with Gasteiger partial charge < -0.3 is 9.94 Å². The molecule has 1 fully saturated rings. The van der Waals surface area contributed by atoms with Gasteiger partial charge in [0.1, 0.15) is 0 Å². The number of carboxylic acid groups (broad SMARTS) is 1. The zero-order valence-corrected chi connectivity index (χ0v) is 6.38. The van der Waals surface area contributed by atoms with Gasteiger partial charge in [-0.3, -0.25) is 4.79 Å². The average Bonchev–Trinajstić information content (AvgIpc) is 2.38. The third-order valence-electron chi connectivity index (χ3n) is 2.37. The SMILES string of the molecule is NOCC1(C(=O)O)CCCC1. The highest BCUT2D eigenvalue weighted by molar-refractivity contribution is 5.75. The molecular weight excluding hydrogens is 146 g/mol. The van der Waals surface area contributed by atoms with Gasteiger partial charge in [-0.15, -0.1) is 0 Å². The molecule has 0 aromatic heterocycles. The lowest BCUT2D eigenvalue weighted by Crippen LogP contribution is -2.34. The molecule has 64 valence electrons. The first-order valence-corrected chi connectivity index (χ1v) is 3.76. The van der Waals surface area contributed by atoms with E-state index in [0.717, 1.165) is 12.8 Å². The summed E-state index contributed by atoms with van der Waals surface area (Å²) in [5.74, 6) is 4.09. The molecule has 0 heterocycles. The van der Waals surface area contributed by atoms with Gasteiger partial charge in [0.05, 0.1) is 12.0 Å². The van der Waals surface area contributed by atoms with Crippen molar-refractivity contribution in [2.45, 2.75) is 25.7 Å². The van der Waals surface area contributed by atoms with Gasteiger partial charge in [-0.25, -0.2) is 5.90 Å². The molecule has 3 N–H and O–H groups in total. The predicted octanol–water partition coefficient (Wildman–Crippen LogP) is 0.522. The second-order valence-electron chi connectivity index (χ2n) is 3.10. The molecule has 1 saturated carbocycles. The van der Waals surface area contributed by atoms with Crippen LogP contribution in [0.5, 0.6) is 0 Å². The molecular formula is C7H13NO3. The van der Waals surface area contributed by atoms with Crippen LogP contribution in [0.3, 0.4) is 0 Å². The molecule has 4 nitrogen and oxygen atoms in total. The van der Waals surface area contributed by atoms with Crippen molar-refractivity contribution in [3.05, 3.63) is 0 Å². The first-order valence-electron chi connectivity index (χ1n) is 3.76. The summed E-state index contributed by atoms with van der Waals surface area (Å²) in [7, 11) is 0. The standard InChI is InChI=1S/C7H13NO3/c8-11-5-7(6(9)10)3-1-2-4-7/h1-5,8H2,(H,9,10). The van der Waals surface area contributed by atoms with Crippen LogP contribution in [0.15, 0.2) is 0 Å². The fourth-order valence-electron chi connectivity index (χ4n) is 1.63. The first-order chi connectivity index (χ1) is 5.21. The van der Waals surface area contributed by atoms with Gasteiger partial charge in [0, 0.05) is 0 Å². The highest BCUT2D eigenvalue weighted by Crippen LogP contribution is 2.38. The molecule has 0 radical (unpaired) electrons. The van der Waals surface area contributed by atoms with E-state index in [2.05, 4.69) is 4.84 Å². The number of nitrogens with two attached hydrogens (primary N) is 1. The van der Waals surface area contributed by atoms with Crippen LogP contribution in [0.4, 0.5) is 0 Å². The van der Waals surface area contributed by atoms with Crippen LogP contribution < -0.4 is 5.90 Å². The van der Waals surface area contributed by atoms with Crippen molar-refractivity contribution >= 4 is 5.97 Å². The molecule has 1 aliphatic carbocycles. The van der Waals surface area contributed by atoms with Crippen molar-refractivity contribution in [3.8, 4) is 0 Å². The Labute approximate surface area is 65.3 Å². The van der Waals surface area contributed by atoms with Gasteiger partial charge >= 0.3 is 5.97 Å². The molecule has 1 rings (SSSR count). The van der Waals surface area contributed by atoms with Crippen molar-refractivity contribution in [2.75, 3.05) is 6.61 Å². The molecule has 0 amide bonds. The van der Waals surface area contributed by atoms with Gasteiger partial charge in [-0.2, -0.15) is 0 Å². The number of hydrogen-bond donors (Lipinski definition) is 2. The topological polar surface area (TPSA) is 72.5 Å². The number of carbonyl (C=O) groups is 1. The summed E-state index contributed by atoms with van der Waals surface area (Å²) in [4.78, 5) is 15.2. The summed E-state index contributed by atoms with van der Waals surface area (Å²) in [6, 6.07) is 0. The van der Waals surface area contributed by atoms with Crippen LogP contribution in [-0.2, 0) is 9.63 Å². The van der Waals surface area contributed by atoms with E-state index in [-0.39, 0.29) is 6.61 Å². The Balaban J connectivity index is 2.62. The molecule has 0 bridgehead atoms. The Hall–Kier alpha value is -0.610. The molecule has 0 atom stereocenters. The largest absolute Gasteiger partial charge is 0.481 e. The summed E-state index contributed by atoms with van der Waals surface area (Å²) in [6.07, 6.45) is 3.32. The third-order valence-corrected chi connectivity index (χ3v) is 2.37. The molecule has 11 heavy (non-hydrogen) atoms. The summed E-state index contributed by atoms with van der Waals surface area (Å²) < 4.78 is 0. The maximum absolute atomic E-state index is 10.8. The smallest absolute Gasteiger partial charge is 0.312 e. The number of aliphatic carboxylic acids is 1. The highest BCUT2D eigenvalue weighted by atomic mass is 16.6. The van der Waals surface area contributed by atoms with Gasteiger partial charge in [0.15, 0.2) is 0 Å². The number of rotatable bonds is 3. The van der Waals surface area contributed by atoms with E-state index in [1.54, 1.807) is 0 Å². The second kappa shape index (κ2) is 3.19.